The van der Waals surface area contributed by atoms with E-state index < -0.39 is 5.60 Å². The summed E-state index contributed by atoms with van der Waals surface area (Å²) in [7, 11) is 0. The minimum atomic E-state index is -0.522. The van der Waals surface area contributed by atoms with Gasteiger partial charge in [-0.05, 0) is 49.0 Å². The molecule has 0 unspecified atom stereocenters. The van der Waals surface area contributed by atoms with Gasteiger partial charge in [-0.25, -0.2) is 0 Å². The highest BCUT2D eigenvalue weighted by Crippen LogP contribution is 2.50. The lowest BCUT2D eigenvalue weighted by atomic mass is 9.57. The highest BCUT2D eigenvalue weighted by Gasteiger charge is 2.49. The lowest BCUT2D eigenvalue weighted by Crippen LogP contribution is -2.52. The second-order valence-corrected chi connectivity index (χ2v) is 6.39. The van der Waals surface area contributed by atoms with E-state index in [1.54, 1.807) is 0 Å². The van der Waals surface area contributed by atoms with Crippen LogP contribution in [0.5, 0.6) is 0 Å². The predicted octanol–water partition coefficient (Wildman–Crippen LogP) is 2.75. The first kappa shape index (κ1) is 13.1. The molecule has 1 fully saturated rings. The number of aliphatic hydroxyl groups excluding tert-OH is 1. The minimum Gasteiger partial charge on any atom is -0.392 e. The van der Waals surface area contributed by atoms with Gasteiger partial charge >= 0.3 is 0 Å². The van der Waals surface area contributed by atoms with E-state index in [4.69, 9.17) is 0 Å². The first-order valence-corrected chi connectivity index (χ1v) is 7.02. The molecule has 0 spiro atoms. The number of fused-ring (bicyclic) bond motifs is 1. The molecule has 0 bridgehead atoms. The Morgan fingerprint density at radius 3 is 2.71 bits per heavy atom. The van der Waals surface area contributed by atoms with Crippen molar-refractivity contribution in [3.05, 3.63) is 11.6 Å². The van der Waals surface area contributed by atoms with E-state index in [0.29, 0.717) is 17.8 Å². The molecular formula is C15H26O2. The van der Waals surface area contributed by atoms with Crippen LogP contribution in [0.1, 0.15) is 46.5 Å². The molecular weight excluding hydrogens is 212 g/mol. The molecule has 2 N–H and O–H groups in total. The van der Waals surface area contributed by atoms with E-state index in [1.165, 1.54) is 6.42 Å². The van der Waals surface area contributed by atoms with Gasteiger partial charge < -0.3 is 10.2 Å². The van der Waals surface area contributed by atoms with E-state index in [0.717, 1.165) is 24.8 Å². The molecule has 0 aromatic carbocycles. The minimum absolute atomic E-state index is 0.159. The van der Waals surface area contributed by atoms with Crippen LogP contribution < -0.4 is 0 Å². The standard InChI is InChI=1S/C15H26O2/c1-10(2)13-5-4-11(3)15(17)7-6-12(9-16)8-14(13)15/h8,10-11,13-14,16-17H,4-7,9H2,1-3H3/t11-,13-,14+,15-/m1/s1. The van der Waals surface area contributed by atoms with Crippen LogP contribution in [-0.4, -0.2) is 22.4 Å². The van der Waals surface area contributed by atoms with Crippen molar-refractivity contribution in [2.24, 2.45) is 23.7 Å². The summed E-state index contributed by atoms with van der Waals surface area (Å²) >= 11 is 0. The molecule has 1 saturated carbocycles. The average molecular weight is 238 g/mol. The maximum atomic E-state index is 11.0. The summed E-state index contributed by atoms with van der Waals surface area (Å²) in [5.74, 6) is 1.81. The molecule has 4 atom stereocenters. The van der Waals surface area contributed by atoms with Gasteiger partial charge in [-0.2, -0.15) is 0 Å². The quantitative estimate of drug-likeness (QED) is 0.726. The summed E-state index contributed by atoms with van der Waals surface area (Å²) in [4.78, 5) is 0. The largest absolute Gasteiger partial charge is 0.392 e. The lowest BCUT2D eigenvalue weighted by Gasteiger charge is -2.51. The zero-order chi connectivity index (χ0) is 12.6. The van der Waals surface area contributed by atoms with Crippen LogP contribution in [-0.2, 0) is 0 Å². The topological polar surface area (TPSA) is 40.5 Å². The lowest BCUT2D eigenvalue weighted by molar-refractivity contribution is -0.112. The Bertz CT molecular complexity index is 308. The van der Waals surface area contributed by atoms with Crippen molar-refractivity contribution in [1.29, 1.82) is 0 Å². The third-order valence-electron chi connectivity index (χ3n) is 5.15. The summed E-state index contributed by atoms with van der Waals surface area (Å²) in [6.07, 6.45) is 6.22. The Balaban J connectivity index is 2.32. The molecule has 2 aliphatic rings. The van der Waals surface area contributed by atoms with Crippen LogP contribution in [0.15, 0.2) is 11.6 Å². The Labute approximate surface area is 105 Å². The fourth-order valence-electron chi connectivity index (χ4n) is 3.83. The van der Waals surface area contributed by atoms with Crippen LogP contribution in [0.3, 0.4) is 0 Å². The van der Waals surface area contributed by atoms with Crippen LogP contribution in [0, 0.1) is 23.7 Å². The van der Waals surface area contributed by atoms with Crippen molar-refractivity contribution in [2.75, 3.05) is 6.61 Å². The molecule has 0 heterocycles. The Morgan fingerprint density at radius 2 is 2.12 bits per heavy atom. The normalized spacial score (nSPS) is 42.2. The number of rotatable bonds is 2. The smallest absolute Gasteiger partial charge is 0.0741 e. The van der Waals surface area contributed by atoms with Crippen LogP contribution >= 0.6 is 0 Å². The molecule has 0 saturated heterocycles. The highest BCUT2D eigenvalue weighted by molar-refractivity contribution is 5.18. The molecule has 0 amide bonds. The van der Waals surface area contributed by atoms with E-state index >= 15 is 0 Å². The van der Waals surface area contributed by atoms with Gasteiger partial charge in [0, 0.05) is 5.92 Å². The summed E-state index contributed by atoms with van der Waals surface area (Å²) < 4.78 is 0. The van der Waals surface area contributed by atoms with Crippen LogP contribution in [0.4, 0.5) is 0 Å². The van der Waals surface area contributed by atoms with Crippen molar-refractivity contribution in [3.8, 4) is 0 Å². The van der Waals surface area contributed by atoms with E-state index in [9.17, 15) is 10.2 Å². The molecule has 98 valence electrons. The highest BCUT2D eigenvalue weighted by atomic mass is 16.3. The zero-order valence-corrected chi connectivity index (χ0v) is 11.3. The molecule has 0 aromatic rings. The number of hydrogen-bond acceptors (Lipinski definition) is 2. The van der Waals surface area contributed by atoms with E-state index in [-0.39, 0.29) is 12.5 Å². The second-order valence-electron chi connectivity index (χ2n) is 6.39. The fourth-order valence-corrected chi connectivity index (χ4v) is 3.83. The summed E-state index contributed by atoms with van der Waals surface area (Å²) in [5, 5.41) is 20.3. The second kappa shape index (κ2) is 4.74. The maximum Gasteiger partial charge on any atom is 0.0741 e. The molecule has 0 aliphatic heterocycles. The van der Waals surface area contributed by atoms with Gasteiger partial charge in [-0.15, -0.1) is 0 Å². The average Bonchev–Trinajstić information content (AvgIpc) is 2.30. The maximum absolute atomic E-state index is 11.0. The van der Waals surface area contributed by atoms with Crippen LogP contribution in [0.2, 0.25) is 0 Å². The summed E-state index contributed by atoms with van der Waals surface area (Å²) in [5.41, 5.74) is 0.603. The molecule has 17 heavy (non-hydrogen) atoms. The van der Waals surface area contributed by atoms with Crippen LogP contribution in [0.25, 0.3) is 0 Å². The molecule has 0 radical (unpaired) electrons. The van der Waals surface area contributed by atoms with Crippen molar-refractivity contribution < 1.29 is 10.2 Å². The van der Waals surface area contributed by atoms with Crippen molar-refractivity contribution in [2.45, 2.75) is 52.1 Å². The fraction of sp³-hybridized carbons (Fsp3) is 0.867. The van der Waals surface area contributed by atoms with E-state index in [1.807, 2.05) is 0 Å². The summed E-state index contributed by atoms with van der Waals surface area (Å²) in [6.45, 7) is 6.84. The van der Waals surface area contributed by atoms with Gasteiger partial charge in [0.1, 0.15) is 0 Å². The third kappa shape index (κ3) is 2.17. The number of hydrogen-bond donors (Lipinski definition) is 2. The SMILES string of the molecule is CC(C)[C@H]1CC[C@@H](C)[C@]2(O)CCC(CO)=C[C@@H]12. The molecule has 2 rings (SSSR count). The molecule has 2 nitrogen and oxygen atoms in total. The molecule has 0 aromatic heterocycles. The Hall–Kier alpha value is -0.340. The first-order chi connectivity index (χ1) is 7.99. The first-order valence-electron chi connectivity index (χ1n) is 7.02. The van der Waals surface area contributed by atoms with Gasteiger partial charge in [0.05, 0.1) is 12.2 Å². The Morgan fingerprint density at radius 1 is 1.41 bits per heavy atom. The van der Waals surface area contributed by atoms with Gasteiger partial charge in [0.25, 0.3) is 0 Å². The van der Waals surface area contributed by atoms with Gasteiger partial charge in [0.2, 0.25) is 0 Å². The van der Waals surface area contributed by atoms with Crippen molar-refractivity contribution in [3.63, 3.8) is 0 Å². The Kier molecular flexibility index (Phi) is 3.65. The molecule has 2 aliphatic carbocycles. The van der Waals surface area contributed by atoms with Gasteiger partial charge in [0.15, 0.2) is 0 Å². The molecule has 2 heteroatoms. The van der Waals surface area contributed by atoms with Crippen molar-refractivity contribution >= 4 is 0 Å². The predicted molar refractivity (Wildman–Crippen MR) is 69.6 cm³/mol. The van der Waals surface area contributed by atoms with E-state index in [2.05, 4.69) is 26.8 Å². The number of aliphatic hydroxyl groups is 2. The third-order valence-corrected chi connectivity index (χ3v) is 5.15. The monoisotopic (exact) mass is 238 g/mol. The van der Waals surface area contributed by atoms with Gasteiger partial charge in [-0.3, -0.25) is 0 Å². The summed E-state index contributed by atoms with van der Waals surface area (Å²) in [6, 6.07) is 0. The zero-order valence-electron chi connectivity index (χ0n) is 11.3. The van der Waals surface area contributed by atoms with Crippen molar-refractivity contribution in [1.82, 2.24) is 0 Å². The van der Waals surface area contributed by atoms with Gasteiger partial charge in [-0.1, -0.05) is 26.8 Å².